The van der Waals surface area contributed by atoms with Crippen molar-refractivity contribution in [2.24, 2.45) is 0 Å². The van der Waals surface area contributed by atoms with Crippen LogP contribution in [0.3, 0.4) is 0 Å². The van der Waals surface area contributed by atoms with Crippen molar-refractivity contribution < 1.29 is 9.59 Å². The third-order valence-corrected chi connectivity index (χ3v) is 4.52. The van der Waals surface area contributed by atoms with Gasteiger partial charge in [-0.1, -0.05) is 30.7 Å². The molecule has 0 aliphatic heterocycles. The van der Waals surface area contributed by atoms with E-state index in [-0.39, 0.29) is 23.7 Å². The first-order valence-corrected chi connectivity index (χ1v) is 9.06. The molecule has 6 heteroatoms. The second-order valence-electron chi connectivity index (χ2n) is 6.85. The van der Waals surface area contributed by atoms with E-state index in [0.717, 1.165) is 17.5 Å². The summed E-state index contributed by atoms with van der Waals surface area (Å²) in [6.07, 6.45) is 2.65. The summed E-state index contributed by atoms with van der Waals surface area (Å²) >= 11 is 0. The van der Waals surface area contributed by atoms with Gasteiger partial charge in [0.1, 0.15) is 5.65 Å². The van der Waals surface area contributed by atoms with Crippen LogP contribution in [0.2, 0.25) is 0 Å². The Hall–Kier alpha value is -3.15. The predicted octanol–water partition coefficient (Wildman–Crippen LogP) is 3.73. The lowest BCUT2D eigenvalue weighted by Gasteiger charge is -2.12. The normalized spacial score (nSPS) is 12.0. The number of fused-ring (bicyclic) bond motifs is 1. The van der Waals surface area contributed by atoms with Gasteiger partial charge in [0.25, 0.3) is 11.8 Å². The molecule has 0 bridgehead atoms. The molecule has 0 fully saturated rings. The van der Waals surface area contributed by atoms with Crippen molar-refractivity contribution in [2.45, 2.75) is 40.2 Å². The molecule has 2 heterocycles. The van der Waals surface area contributed by atoms with Crippen molar-refractivity contribution in [3.8, 4) is 0 Å². The molecule has 2 amide bonds. The number of nitrogens with zero attached hydrogens (tertiary/aromatic N) is 2. The van der Waals surface area contributed by atoms with Crippen molar-refractivity contribution >= 4 is 23.3 Å². The first-order valence-electron chi connectivity index (χ1n) is 9.06. The Morgan fingerprint density at radius 2 is 1.70 bits per heavy atom. The highest BCUT2D eigenvalue weighted by atomic mass is 16.2. The number of carbonyl (C=O) groups is 2. The third kappa shape index (κ3) is 4.00. The van der Waals surface area contributed by atoms with E-state index in [1.54, 1.807) is 16.5 Å². The molecule has 0 spiro atoms. The van der Waals surface area contributed by atoms with E-state index in [1.807, 2.05) is 58.2 Å². The van der Waals surface area contributed by atoms with Gasteiger partial charge in [0.05, 0.1) is 0 Å². The van der Waals surface area contributed by atoms with Crippen molar-refractivity contribution in [3.63, 3.8) is 0 Å². The monoisotopic (exact) mass is 364 g/mol. The van der Waals surface area contributed by atoms with E-state index >= 15 is 0 Å². The van der Waals surface area contributed by atoms with Crippen LogP contribution in [-0.4, -0.2) is 27.2 Å². The molecule has 0 saturated heterocycles. The number of carbonyl (C=O) groups excluding carboxylic acids is 2. The Labute approximate surface area is 158 Å². The van der Waals surface area contributed by atoms with Crippen molar-refractivity contribution in [1.29, 1.82) is 0 Å². The molecule has 1 atom stereocenters. The summed E-state index contributed by atoms with van der Waals surface area (Å²) in [5.41, 5.74) is 3.52. The molecule has 1 aromatic carbocycles. The Morgan fingerprint density at radius 3 is 2.37 bits per heavy atom. The fourth-order valence-electron chi connectivity index (χ4n) is 2.73. The van der Waals surface area contributed by atoms with Crippen LogP contribution in [0.5, 0.6) is 0 Å². The van der Waals surface area contributed by atoms with Gasteiger partial charge in [-0.3, -0.25) is 14.0 Å². The molecule has 0 aliphatic rings. The molecule has 3 aromatic rings. The maximum atomic E-state index is 12.9. The number of hydrogen-bond donors (Lipinski definition) is 2. The van der Waals surface area contributed by atoms with Gasteiger partial charge in [-0.15, -0.1) is 0 Å². The number of nitrogens with one attached hydrogen (secondary N) is 2. The van der Waals surface area contributed by atoms with Crippen LogP contribution < -0.4 is 10.6 Å². The van der Waals surface area contributed by atoms with E-state index < -0.39 is 0 Å². The summed E-state index contributed by atoms with van der Waals surface area (Å²) in [4.78, 5) is 30.0. The highest BCUT2D eigenvalue weighted by Gasteiger charge is 2.22. The van der Waals surface area contributed by atoms with Crippen molar-refractivity contribution in [2.75, 3.05) is 5.32 Å². The molecule has 140 valence electrons. The number of benzene rings is 1. The van der Waals surface area contributed by atoms with Crippen LogP contribution in [0.1, 0.15) is 52.2 Å². The lowest BCUT2D eigenvalue weighted by atomic mass is 10.1. The molecular weight excluding hydrogens is 340 g/mol. The van der Waals surface area contributed by atoms with Crippen LogP contribution in [-0.2, 0) is 0 Å². The number of aryl methyl sites for hydroxylation is 2. The minimum Gasteiger partial charge on any atom is -0.348 e. The molecule has 1 unspecified atom stereocenters. The fraction of sp³-hybridized carbons (Fsp3) is 0.286. The van der Waals surface area contributed by atoms with E-state index in [2.05, 4.69) is 15.6 Å². The Bertz CT molecular complexity index is 989. The zero-order valence-corrected chi connectivity index (χ0v) is 16.0. The summed E-state index contributed by atoms with van der Waals surface area (Å²) in [7, 11) is 0. The molecule has 2 N–H and O–H groups in total. The minimum atomic E-state index is -0.298. The van der Waals surface area contributed by atoms with E-state index in [1.165, 1.54) is 0 Å². The largest absolute Gasteiger partial charge is 0.348 e. The smallest absolute Gasteiger partial charge is 0.272 e. The Balaban J connectivity index is 2.00. The number of aromatic nitrogens is 2. The van der Waals surface area contributed by atoms with Gasteiger partial charge in [0.2, 0.25) is 0 Å². The fourth-order valence-corrected chi connectivity index (χ4v) is 2.73. The van der Waals surface area contributed by atoms with Crippen molar-refractivity contribution in [3.05, 3.63) is 65.0 Å². The molecular formula is C21H24N4O2. The molecule has 2 aromatic heterocycles. The lowest BCUT2D eigenvalue weighted by Crippen LogP contribution is -2.33. The number of imidazole rings is 1. The number of amides is 2. The number of pyridine rings is 1. The van der Waals surface area contributed by atoms with Gasteiger partial charge in [-0.05, 0) is 51.0 Å². The topological polar surface area (TPSA) is 75.5 Å². The standard InChI is InChI=1S/C21H24N4O2/c1-5-15(4)22-21(27)18-19(23-17-11-8-14(3)12-25(17)18)24-20(26)16-9-6-13(2)7-10-16/h6-12,15H,5H2,1-4H3,(H,22,27)(H,24,26). The number of anilines is 1. The summed E-state index contributed by atoms with van der Waals surface area (Å²) in [5.74, 6) is -0.304. The van der Waals surface area contributed by atoms with Gasteiger partial charge in [-0.2, -0.15) is 0 Å². The van der Waals surface area contributed by atoms with Crippen LogP contribution in [0.15, 0.2) is 42.6 Å². The molecule has 6 nitrogen and oxygen atoms in total. The van der Waals surface area contributed by atoms with Crippen LogP contribution >= 0.6 is 0 Å². The molecule has 3 rings (SSSR count). The highest BCUT2D eigenvalue weighted by Crippen LogP contribution is 2.20. The summed E-state index contributed by atoms with van der Waals surface area (Å²) in [6, 6.07) is 11.0. The van der Waals surface area contributed by atoms with Gasteiger partial charge < -0.3 is 10.6 Å². The van der Waals surface area contributed by atoms with Gasteiger partial charge in [0.15, 0.2) is 11.5 Å². The van der Waals surface area contributed by atoms with Crippen LogP contribution in [0, 0.1) is 13.8 Å². The number of rotatable bonds is 5. The lowest BCUT2D eigenvalue weighted by molar-refractivity contribution is 0.0934. The predicted molar refractivity (Wildman–Crippen MR) is 106 cm³/mol. The molecule has 27 heavy (non-hydrogen) atoms. The quantitative estimate of drug-likeness (QED) is 0.724. The summed E-state index contributed by atoms with van der Waals surface area (Å²) in [6.45, 7) is 7.85. The summed E-state index contributed by atoms with van der Waals surface area (Å²) in [5, 5.41) is 5.75. The summed E-state index contributed by atoms with van der Waals surface area (Å²) < 4.78 is 1.72. The highest BCUT2D eigenvalue weighted by molar-refractivity contribution is 6.08. The van der Waals surface area contributed by atoms with Crippen LogP contribution in [0.4, 0.5) is 5.82 Å². The average Bonchev–Trinajstić information content (AvgIpc) is 2.99. The maximum Gasteiger partial charge on any atom is 0.272 e. The third-order valence-electron chi connectivity index (χ3n) is 4.52. The van der Waals surface area contributed by atoms with Crippen LogP contribution in [0.25, 0.3) is 5.65 Å². The zero-order valence-electron chi connectivity index (χ0n) is 16.0. The first kappa shape index (κ1) is 18.6. The number of hydrogen-bond acceptors (Lipinski definition) is 3. The zero-order chi connectivity index (χ0) is 19.6. The molecule has 0 saturated carbocycles. The maximum absolute atomic E-state index is 12.9. The Kier molecular flexibility index (Phi) is 5.26. The van der Waals surface area contributed by atoms with Crippen molar-refractivity contribution in [1.82, 2.24) is 14.7 Å². The second-order valence-corrected chi connectivity index (χ2v) is 6.85. The average molecular weight is 364 g/mol. The van der Waals surface area contributed by atoms with E-state index in [0.29, 0.717) is 16.9 Å². The SMILES string of the molecule is CCC(C)NC(=O)c1c(NC(=O)c2ccc(C)cc2)nc2ccc(C)cn12. The second kappa shape index (κ2) is 7.61. The molecule has 0 aliphatic carbocycles. The van der Waals surface area contributed by atoms with E-state index in [4.69, 9.17) is 0 Å². The van der Waals surface area contributed by atoms with Gasteiger partial charge >= 0.3 is 0 Å². The first-order chi connectivity index (χ1) is 12.9. The van der Waals surface area contributed by atoms with Gasteiger partial charge in [0, 0.05) is 17.8 Å². The van der Waals surface area contributed by atoms with Gasteiger partial charge in [-0.25, -0.2) is 4.98 Å². The van der Waals surface area contributed by atoms with E-state index in [9.17, 15) is 9.59 Å². The Morgan fingerprint density at radius 1 is 1.04 bits per heavy atom. The molecule has 0 radical (unpaired) electrons. The minimum absolute atomic E-state index is 0.0218.